The Morgan fingerprint density at radius 3 is 2.76 bits per heavy atom. The van der Waals surface area contributed by atoms with Crippen LogP contribution < -0.4 is 5.73 Å². The smallest absolute Gasteiger partial charge is 0.129 e. The lowest BCUT2D eigenvalue weighted by Crippen LogP contribution is -1.98. The second-order valence-corrected chi connectivity index (χ2v) is 4.66. The highest BCUT2D eigenvalue weighted by atomic mass is 79.9. The third kappa shape index (κ3) is 2.35. The summed E-state index contributed by atoms with van der Waals surface area (Å²) in [6.07, 6.45) is 1.77. The van der Waals surface area contributed by atoms with Crippen molar-refractivity contribution in [2.24, 2.45) is 7.05 Å². The molecule has 90 valence electrons. The summed E-state index contributed by atoms with van der Waals surface area (Å²) in [6.45, 7) is 0.587. The Morgan fingerprint density at radius 2 is 2.24 bits per heavy atom. The van der Waals surface area contributed by atoms with Crippen LogP contribution in [0.15, 0.2) is 28.9 Å². The maximum absolute atomic E-state index is 5.94. The summed E-state index contributed by atoms with van der Waals surface area (Å²) in [7, 11) is 3.51. The number of nitrogen functional groups attached to an aromatic ring is 1. The van der Waals surface area contributed by atoms with Gasteiger partial charge < -0.3 is 10.5 Å². The van der Waals surface area contributed by atoms with Gasteiger partial charge in [0.05, 0.1) is 12.8 Å². The molecule has 0 bridgehead atoms. The summed E-state index contributed by atoms with van der Waals surface area (Å²) in [4.78, 5) is 0. The van der Waals surface area contributed by atoms with Gasteiger partial charge in [-0.25, -0.2) is 0 Å². The first-order valence-electron chi connectivity index (χ1n) is 5.18. The quantitative estimate of drug-likeness (QED) is 0.947. The molecule has 0 aliphatic rings. The molecule has 1 heterocycles. The predicted molar refractivity (Wildman–Crippen MR) is 71.5 cm³/mol. The van der Waals surface area contributed by atoms with Crippen molar-refractivity contribution < 1.29 is 4.74 Å². The van der Waals surface area contributed by atoms with Gasteiger partial charge in [0.25, 0.3) is 0 Å². The van der Waals surface area contributed by atoms with Crippen LogP contribution >= 0.6 is 15.9 Å². The molecule has 0 amide bonds. The number of aromatic nitrogens is 2. The average molecular weight is 296 g/mol. The van der Waals surface area contributed by atoms with Crippen LogP contribution in [0.1, 0.15) is 5.56 Å². The molecule has 4 nitrogen and oxygen atoms in total. The van der Waals surface area contributed by atoms with E-state index in [9.17, 15) is 0 Å². The van der Waals surface area contributed by atoms with Crippen LogP contribution in [0.4, 0.5) is 5.82 Å². The van der Waals surface area contributed by atoms with Crippen molar-refractivity contribution >= 4 is 21.7 Å². The number of nitrogens with zero attached hydrogens (tertiary/aromatic N) is 2. The first-order chi connectivity index (χ1) is 8.13. The number of ether oxygens (including phenoxy) is 1. The van der Waals surface area contributed by atoms with Crippen LogP contribution in [0.5, 0.6) is 0 Å². The summed E-state index contributed by atoms with van der Waals surface area (Å²) in [5.74, 6) is 0.663. The van der Waals surface area contributed by atoms with Crippen LogP contribution in [-0.4, -0.2) is 16.9 Å². The molecule has 17 heavy (non-hydrogen) atoms. The van der Waals surface area contributed by atoms with Crippen LogP contribution in [0.2, 0.25) is 0 Å². The van der Waals surface area contributed by atoms with Crippen LogP contribution in [0.25, 0.3) is 11.1 Å². The van der Waals surface area contributed by atoms with Crippen LogP contribution in [0.3, 0.4) is 0 Å². The molecule has 0 saturated heterocycles. The lowest BCUT2D eigenvalue weighted by molar-refractivity contribution is 0.184. The van der Waals surface area contributed by atoms with Crippen molar-refractivity contribution in [3.63, 3.8) is 0 Å². The van der Waals surface area contributed by atoms with Crippen molar-refractivity contribution in [1.82, 2.24) is 9.78 Å². The SMILES string of the molecule is COCc1ccc(-c2cnn(C)c2N)cc1Br. The zero-order valence-electron chi connectivity index (χ0n) is 9.77. The largest absolute Gasteiger partial charge is 0.383 e. The zero-order chi connectivity index (χ0) is 12.4. The number of methoxy groups -OCH3 is 1. The van der Waals surface area contributed by atoms with E-state index in [0.717, 1.165) is 21.2 Å². The van der Waals surface area contributed by atoms with E-state index < -0.39 is 0 Å². The third-order valence-corrected chi connectivity index (χ3v) is 3.39. The van der Waals surface area contributed by atoms with Gasteiger partial charge in [-0.1, -0.05) is 28.1 Å². The number of halogens is 1. The van der Waals surface area contributed by atoms with Gasteiger partial charge in [-0.2, -0.15) is 5.10 Å². The average Bonchev–Trinajstić information content (AvgIpc) is 2.63. The molecule has 1 aromatic carbocycles. The van der Waals surface area contributed by atoms with E-state index in [-0.39, 0.29) is 0 Å². The molecular weight excluding hydrogens is 282 g/mol. The van der Waals surface area contributed by atoms with Gasteiger partial charge in [0.15, 0.2) is 0 Å². The summed E-state index contributed by atoms with van der Waals surface area (Å²) in [5, 5.41) is 4.13. The highest BCUT2D eigenvalue weighted by Gasteiger charge is 2.09. The molecule has 0 aliphatic carbocycles. The van der Waals surface area contributed by atoms with E-state index in [4.69, 9.17) is 10.5 Å². The summed E-state index contributed by atoms with van der Waals surface area (Å²) < 4.78 is 7.78. The van der Waals surface area contributed by atoms with Gasteiger partial charge in [-0.05, 0) is 17.2 Å². The van der Waals surface area contributed by atoms with E-state index in [1.807, 2.05) is 25.2 Å². The Morgan fingerprint density at radius 1 is 1.47 bits per heavy atom. The zero-order valence-corrected chi connectivity index (χ0v) is 11.4. The molecular formula is C12H14BrN3O. The van der Waals surface area contributed by atoms with Gasteiger partial charge in [0.1, 0.15) is 5.82 Å². The number of anilines is 1. The minimum atomic E-state index is 0.587. The minimum absolute atomic E-state index is 0.587. The molecule has 0 atom stereocenters. The van der Waals surface area contributed by atoms with Crippen LogP contribution in [0, 0.1) is 0 Å². The fourth-order valence-electron chi connectivity index (χ4n) is 1.66. The molecule has 0 fully saturated rings. The maximum Gasteiger partial charge on any atom is 0.129 e. The van der Waals surface area contributed by atoms with Crippen molar-refractivity contribution in [2.75, 3.05) is 12.8 Å². The number of hydrogen-bond acceptors (Lipinski definition) is 3. The fourth-order valence-corrected chi connectivity index (χ4v) is 2.15. The van der Waals surface area contributed by atoms with E-state index in [1.165, 1.54) is 0 Å². The number of benzene rings is 1. The van der Waals surface area contributed by atoms with Crippen LogP contribution in [-0.2, 0) is 18.4 Å². The number of hydrogen-bond donors (Lipinski definition) is 1. The van der Waals surface area contributed by atoms with Crippen molar-refractivity contribution in [3.8, 4) is 11.1 Å². The molecule has 0 aliphatic heterocycles. The third-order valence-electron chi connectivity index (χ3n) is 2.65. The Kier molecular flexibility index (Phi) is 3.49. The number of nitrogens with two attached hydrogens (primary N) is 1. The monoisotopic (exact) mass is 295 g/mol. The summed E-state index contributed by atoms with van der Waals surface area (Å²) >= 11 is 3.53. The minimum Gasteiger partial charge on any atom is -0.383 e. The Balaban J connectivity index is 2.41. The predicted octanol–water partition coefficient (Wildman–Crippen LogP) is 2.58. The lowest BCUT2D eigenvalue weighted by Gasteiger charge is -2.06. The molecule has 5 heteroatoms. The summed E-state index contributed by atoms with van der Waals surface area (Å²) in [5.41, 5.74) is 9.04. The van der Waals surface area contributed by atoms with E-state index >= 15 is 0 Å². The molecule has 1 aromatic heterocycles. The molecule has 0 saturated carbocycles. The normalized spacial score (nSPS) is 10.8. The van der Waals surface area contributed by atoms with Crippen molar-refractivity contribution in [3.05, 3.63) is 34.4 Å². The van der Waals surface area contributed by atoms with Gasteiger partial charge in [-0.3, -0.25) is 4.68 Å². The Bertz CT molecular complexity index is 537. The summed E-state index contributed by atoms with van der Waals surface area (Å²) in [6, 6.07) is 6.07. The molecule has 2 aromatic rings. The first kappa shape index (κ1) is 12.1. The molecule has 2 N–H and O–H groups in total. The maximum atomic E-state index is 5.94. The van der Waals surface area contributed by atoms with Gasteiger partial charge in [0.2, 0.25) is 0 Å². The van der Waals surface area contributed by atoms with Gasteiger partial charge >= 0.3 is 0 Å². The molecule has 0 unspecified atom stereocenters. The highest BCUT2D eigenvalue weighted by Crippen LogP contribution is 2.29. The van der Waals surface area contributed by atoms with E-state index in [1.54, 1.807) is 18.0 Å². The second kappa shape index (κ2) is 4.89. The molecule has 2 rings (SSSR count). The lowest BCUT2D eigenvalue weighted by atomic mass is 10.1. The second-order valence-electron chi connectivity index (χ2n) is 3.81. The molecule has 0 radical (unpaired) electrons. The fraction of sp³-hybridized carbons (Fsp3) is 0.250. The Hall–Kier alpha value is -1.33. The Labute approximate surface area is 109 Å². The highest BCUT2D eigenvalue weighted by molar-refractivity contribution is 9.10. The van der Waals surface area contributed by atoms with E-state index in [2.05, 4.69) is 21.0 Å². The van der Waals surface area contributed by atoms with Gasteiger partial charge in [-0.15, -0.1) is 0 Å². The standard InChI is InChI=1S/C12H14BrN3O/c1-16-12(14)10(6-15-16)8-3-4-9(7-17-2)11(13)5-8/h3-6H,7,14H2,1-2H3. The van der Waals surface area contributed by atoms with E-state index in [0.29, 0.717) is 12.4 Å². The topological polar surface area (TPSA) is 53.1 Å². The van der Waals surface area contributed by atoms with Crippen molar-refractivity contribution in [2.45, 2.75) is 6.61 Å². The number of rotatable bonds is 3. The number of aryl methyl sites for hydroxylation is 1. The first-order valence-corrected chi connectivity index (χ1v) is 5.98. The van der Waals surface area contributed by atoms with Crippen molar-refractivity contribution in [1.29, 1.82) is 0 Å². The van der Waals surface area contributed by atoms with Gasteiger partial charge in [0, 0.05) is 24.2 Å². The molecule has 0 spiro atoms.